The van der Waals surface area contributed by atoms with E-state index >= 15 is 0 Å². The van der Waals surface area contributed by atoms with Gasteiger partial charge in [0.2, 0.25) is 0 Å². The molecule has 0 heterocycles. The summed E-state index contributed by atoms with van der Waals surface area (Å²) in [4.78, 5) is 2.30. The van der Waals surface area contributed by atoms with Crippen molar-refractivity contribution in [3.05, 3.63) is 12.3 Å². The third-order valence-corrected chi connectivity index (χ3v) is 1.58. The second-order valence-electron chi connectivity index (χ2n) is 2.39. The molecule has 60 valence electrons. The molecule has 0 unspecified atom stereocenters. The van der Waals surface area contributed by atoms with Gasteiger partial charge in [-0.2, -0.15) is 0 Å². The first-order chi connectivity index (χ1) is 4.85. The van der Waals surface area contributed by atoms with Crippen LogP contribution in [0.4, 0.5) is 0 Å². The number of unbranched alkanes of at least 4 members (excludes halogenated alkanes) is 1. The second-order valence-corrected chi connectivity index (χ2v) is 2.39. The lowest BCUT2D eigenvalue weighted by Crippen LogP contribution is -2.14. The lowest BCUT2D eigenvalue weighted by atomic mass is 10.3. The van der Waals surface area contributed by atoms with E-state index in [4.69, 9.17) is 0 Å². The van der Waals surface area contributed by atoms with E-state index in [0.717, 1.165) is 13.1 Å². The van der Waals surface area contributed by atoms with E-state index in [1.165, 1.54) is 12.8 Å². The topological polar surface area (TPSA) is 3.24 Å². The molecule has 0 atom stereocenters. The standard InChI is InChI=1S/C9H19N/c1-4-7-8-9-10(5-2)6-3/h8-9H,4-7H2,1-3H3. The van der Waals surface area contributed by atoms with Gasteiger partial charge in [-0.15, -0.1) is 0 Å². The van der Waals surface area contributed by atoms with Crippen molar-refractivity contribution < 1.29 is 0 Å². The maximum atomic E-state index is 2.30. The zero-order chi connectivity index (χ0) is 7.82. The summed E-state index contributed by atoms with van der Waals surface area (Å²) in [5.41, 5.74) is 0. The molecule has 0 aliphatic heterocycles. The highest BCUT2D eigenvalue weighted by Crippen LogP contribution is 1.92. The first-order valence-electron chi connectivity index (χ1n) is 4.25. The van der Waals surface area contributed by atoms with E-state index in [9.17, 15) is 0 Å². The molecule has 0 amide bonds. The number of allylic oxidation sites excluding steroid dienone is 1. The zero-order valence-corrected chi connectivity index (χ0v) is 7.43. The van der Waals surface area contributed by atoms with E-state index in [-0.39, 0.29) is 0 Å². The first kappa shape index (κ1) is 9.54. The van der Waals surface area contributed by atoms with Crippen LogP contribution in [0.2, 0.25) is 0 Å². The number of hydrogen-bond donors (Lipinski definition) is 0. The van der Waals surface area contributed by atoms with Gasteiger partial charge in [0, 0.05) is 13.1 Å². The minimum atomic E-state index is 1.12. The molecular formula is C9H19N. The first-order valence-corrected chi connectivity index (χ1v) is 4.25. The highest BCUT2D eigenvalue weighted by Gasteiger charge is 1.86. The van der Waals surface area contributed by atoms with Gasteiger partial charge < -0.3 is 4.90 Å². The maximum absolute atomic E-state index is 2.30. The zero-order valence-electron chi connectivity index (χ0n) is 7.43. The van der Waals surface area contributed by atoms with Gasteiger partial charge in [0.05, 0.1) is 0 Å². The SMILES string of the molecule is CCCC=CN(CC)CC. The maximum Gasteiger partial charge on any atom is 0.0143 e. The minimum absolute atomic E-state index is 1.12. The molecule has 0 aliphatic carbocycles. The molecule has 0 saturated carbocycles. The van der Waals surface area contributed by atoms with Crippen LogP contribution in [0.15, 0.2) is 12.3 Å². The molecule has 0 aliphatic rings. The van der Waals surface area contributed by atoms with Crippen LogP contribution in [0.1, 0.15) is 33.6 Å². The van der Waals surface area contributed by atoms with Gasteiger partial charge in [-0.3, -0.25) is 0 Å². The van der Waals surface area contributed by atoms with Crippen LogP contribution in [0, 0.1) is 0 Å². The molecule has 0 aromatic rings. The van der Waals surface area contributed by atoms with Crippen LogP contribution in [0.3, 0.4) is 0 Å². The molecule has 0 saturated heterocycles. The Kier molecular flexibility index (Phi) is 6.35. The van der Waals surface area contributed by atoms with Crippen LogP contribution in [-0.4, -0.2) is 18.0 Å². The molecule has 1 nitrogen and oxygen atoms in total. The van der Waals surface area contributed by atoms with Gasteiger partial charge in [-0.25, -0.2) is 0 Å². The van der Waals surface area contributed by atoms with Crippen molar-refractivity contribution in [3.8, 4) is 0 Å². The number of rotatable bonds is 5. The summed E-state index contributed by atoms with van der Waals surface area (Å²) in [7, 11) is 0. The second kappa shape index (κ2) is 6.66. The van der Waals surface area contributed by atoms with Gasteiger partial charge in [-0.05, 0) is 26.5 Å². The summed E-state index contributed by atoms with van der Waals surface area (Å²) in [5, 5.41) is 0. The summed E-state index contributed by atoms with van der Waals surface area (Å²) < 4.78 is 0. The Labute approximate surface area is 64.7 Å². The fraction of sp³-hybridized carbons (Fsp3) is 0.778. The quantitative estimate of drug-likeness (QED) is 0.569. The van der Waals surface area contributed by atoms with Gasteiger partial charge >= 0.3 is 0 Å². The molecule has 0 N–H and O–H groups in total. The Morgan fingerprint density at radius 2 is 1.70 bits per heavy atom. The van der Waals surface area contributed by atoms with E-state index in [0.29, 0.717) is 0 Å². The molecule has 10 heavy (non-hydrogen) atoms. The minimum Gasteiger partial charge on any atom is -0.378 e. The predicted octanol–water partition coefficient (Wildman–Crippen LogP) is 2.64. The summed E-state index contributed by atoms with van der Waals surface area (Å²) in [6.45, 7) is 8.81. The molecule has 1 heteroatoms. The van der Waals surface area contributed by atoms with Crippen molar-refractivity contribution >= 4 is 0 Å². The van der Waals surface area contributed by atoms with Crippen LogP contribution < -0.4 is 0 Å². The summed E-state index contributed by atoms with van der Waals surface area (Å²) in [6, 6.07) is 0. The van der Waals surface area contributed by atoms with Gasteiger partial charge in [-0.1, -0.05) is 19.4 Å². The molecule has 0 radical (unpaired) electrons. The summed E-state index contributed by atoms with van der Waals surface area (Å²) in [6.07, 6.45) is 6.89. The normalized spacial score (nSPS) is 10.7. The van der Waals surface area contributed by atoms with Crippen molar-refractivity contribution in [2.45, 2.75) is 33.6 Å². The summed E-state index contributed by atoms with van der Waals surface area (Å²) >= 11 is 0. The van der Waals surface area contributed by atoms with E-state index in [1.54, 1.807) is 0 Å². The molecule has 0 aromatic heterocycles. The van der Waals surface area contributed by atoms with Crippen LogP contribution in [0.5, 0.6) is 0 Å². The molecule has 0 aromatic carbocycles. The third kappa shape index (κ3) is 4.42. The fourth-order valence-electron chi connectivity index (χ4n) is 0.825. The Balaban J connectivity index is 3.40. The van der Waals surface area contributed by atoms with Crippen LogP contribution in [0.25, 0.3) is 0 Å². The smallest absolute Gasteiger partial charge is 0.0143 e. The monoisotopic (exact) mass is 141 g/mol. The van der Waals surface area contributed by atoms with Crippen molar-refractivity contribution in [1.29, 1.82) is 0 Å². The average Bonchev–Trinajstić information content (AvgIpc) is 1.99. The van der Waals surface area contributed by atoms with E-state index < -0.39 is 0 Å². The molecule has 0 fully saturated rings. The van der Waals surface area contributed by atoms with E-state index in [2.05, 4.69) is 37.9 Å². The average molecular weight is 141 g/mol. The van der Waals surface area contributed by atoms with Crippen molar-refractivity contribution in [1.82, 2.24) is 4.90 Å². The van der Waals surface area contributed by atoms with Crippen LogP contribution in [-0.2, 0) is 0 Å². The summed E-state index contributed by atoms with van der Waals surface area (Å²) in [5.74, 6) is 0. The fourth-order valence-corrected chi connectivity index (χ4v) is 0.825. The molecular weight excluding hydrogens is 122 g/mol. The van der Waals surface area contributed by atoms with Crippen LogP contribution >= 0.6 is 0 Å². The Bertz CT molecular complexity index is 82.7. The number of nitrogens with zero attached hydrogens (tertiary/aromatic N) is 1. The van der Waals surface area contributed by atoms with Gasteiger partial charge in [0.15, 0.2) is 0 Å². The molecule has 0 spiro atoms. The lowest BCUT2D eigenvalue weighted by molar-refractivity contribution is 0.417. The predicted molar refractivity (Wildman–Crippen MR) is 47.0 cm³/mol. The lowest BCUT2D eigenvalue weighted by Gasteiger charge is -2.14. The van der Waals surface area contributed by atoms with Gasteiger partial charge in [0.1, 0.15) is 0 Å². The van der Waals surface area contributed by atoms with Gasteiger partial charge in [0.25, 0.3) is 0 Å². The molecule has 0 bridgehead atoms. The number of hydrogen-bond acceptors (Lipinski definition) is 1. The molecule has 0 rings (SSSR count). The Morgan fingerprint density at radius 1 is 1.10 bits per heavy atom. The van der Waals surface area contributed by atoms with Crippen molar-refractivity contribution in [2.24, 2.45) is 0 Å². The highest BCUT2D eigenvalue weighted by molar-refractivity contribution is 4.80. The largest absolute Gasteiger partial charge is 0.378 e. The highest BCUT2D eigenvalue weighted by atomic mass is 15.1. The third-order valence-electron chi connectivity index (χ3n) is 1.58. The van der Waals surface area contributed by atoms with Crippen molar-refractivity contribution in [3.63, 3.8) is 0 Å². The Morgan fingerprint density at radius 3 is 2.10 bits per heavy atom. The van der Waals surface area contributed by atoms with Crippen molar-refractivity contribution in [2.75, 3.05) is 13.1 Å². The Hall–Kier alpha value is -0.460. The van der Waals surface area contributed by atoms with E-state index in [1.807, 2.05) is 0 Å².